The van der Waals surface area contributed by atoms with Crippen LogP contribution >= 0.6 is 11.6 Å². The first-order valence-corrected chi connectivity index (χ1v) is 10.2. The largest absolute Gasteiger partial charge is 0.305 e. The van der Waals surface area contributed by atoms with E-state index in [9.17, 15) is 13.2 Å². The molecule has 1 aromatic heterocycles. The second-order valence-corrected chi connectivity index (χ2v) is 8.32. The second kappa shape index (κ2) is 8.11. The van der Waals surface area contributed by atoms with E-state index in [4.69, 9.17) is 11.6 Å². The molecule has 1 amide bonds. The molecule has 0 radical (unpaired) electrons. The summed E-state index contributed by atoms with van der Waals surface area (Å²) in [7, 11) is -3.75. The maximum atomic E-state index is 13.0. The summed E-state index contributed by atoms with van der Waals surface area (Å²) in [6.45, 7) is 0.934. The Morgan fingerprint density at radius 3 is 2.50 bits per heavy atom. The average molecular weight is 395 g/mol. The van der Waals surface area contributed by atoms with Crippen LogP contribution in [0.5, 0.6) is 0 Å². The fourth-order valence-corrected chi connectivity index (χ4v) is 4.83. The molecule has 3 rings (SSSR count). The molecule has 2 heterocycles. The van der Waals surface area contributed by atoms with Gasteiger partial charge in [-0.2, -0.15) is 4.31 Å². The van der Waals surface area contributed by atoms with Gasteiger partial charge in [0.05, 0.1) is 11.2 Å². The van der Waals surface area contributed by atoms with Gasteiger partial charge in [0, 0.05) is 31.0 Å². The van der Waals surface area contributed by atoms with Crippen LogP contribution < -0.4 is 5.32 Å². The summed E-state index contributed by atoms with van der Waals surface area (Å²) in [5.41, 5.74) is 0.188. The SMILES string of the molecule is O=C(Nc1cnccn1)c1ccc(Cl)c(S(=O)(=O)N2CCCCCC2)c1. The zero-order chi connectivity index (χ0) is 18.6. The number of rotatable bonds is 4. The van der Waals surface area contributed by atoms with Gasteiger partial charge in [0.2, 0.25) is 10.0 Å². The molecule has 0 unspecified atom stereocenters. The molecule has 1 N–H and O–H groups in total. The Labute approximate surface area is 157 Å². The Balaban J connectivity index is 1.88. The molecule has 9 heteroatoms. The van der Waals surface area contributed by atoms with E-state index in [-0.39, 0.29) is 21.3 Å². The van der Waals surface area contributed by atoms with Crippen LogP contribution in [0.2, 0.25) is 5.02 Å². The van der Waals surface area contributed by atoms with Gasteiger partial charge in [0.25, 0.3) is 5.91 Å². The van der Waals surface area contributed by atoms with Gasteiger partial charge in [-0.25, -0.2) is 13.4 Å². The van der Waals surface area contributed by atoms with Crippen LogP contribution in [0.15, 0.2) is 41.7 Å². The van der Waals surface area contributed by atoms with Gasteiger partial charge < -0.3 is 5.32 Å². The highest BCUT2D eigenvalue weighted by molar-refractivity contribution is 7.89. The maximum Gasteiger partial charge on any atom is 0.256 e. The molecule has 138 valence electrons. The van der Waals surface area contributed by atoms with E-state index in [1.807, 2.05) is 0 Å². The molecule has 26 heavy (non-hydrogen) atoms. The van der Waals surface area contributed by atoms with Gasteiger partial charge in [-0.15, -0.1) is 0 Å². The van der Waals surface area contributed by atoms with Crippen molar-refractivity contribution in [1.29, 1.82) is 0 Å². The van der Waals surface area contributed by atoms with Crippen LogP contribution in [0.4, 0.5) is 5.82 Å². The smallest absolute Gasteiger partial charge is 0.256 e. The third-order valence-corrected chi connectivity index (χ3v) is 6.56. The fourth-order valence-electron chi connectivity index (χ4n) is 2.82. The number of hydrogen-bond donors (Lipinski definition) is 1. The second-order valence-electron chi connectivity index (χ2n) is 6.01. The number of halogens is 1. The number of sulfonamides is 1. The van der Waals surface area contributed by atoms with Crippen LogP contribution in [0.3, 0.4) is 0 Å². The van der Waals surface area contributed by atoms with Crippen LogP contribution in [-0.4, -0.2) is 41.7 Å². The highest BCUT2D eigenvalue weighted by atomic mass is 35.5. The number of carbonyl (C=O) groups excluding carboxylic acids is 1. The number of carbonyl (C=O) groups is 1. The Bertz CT molecular complexity index is 882. The van der Waals surface area contributed by atoms with Gasteiger partial charge in [0.15, 0.2) is 5.82 Å². The molecule has 1 aromatic carbocycles. The number of nitrogens with one attached hydrogen (secondary N) is 1. The summed E-state index contributed by atoms with van der Waals surface area (Å²) in [6, 6.07) is 4.22. The molecule has 0 aliphatic carbocycles. The molecular formula is C17H19ClN4O3S. The number of aromatic nitrogens is 2. The van der Waals surface area contributed by atoms with Crippen molar-refractivity contribution in [2.75, 3.05) is 18.4 Å². The standard InChI is InChI=1S/C17H19ClN4O3S/c18-14-6-5-13(17(23)21-16-12-19-7-8-20-16)11-15(14)26(24,25)22-9-3-1-2-4-10-22/h5-8,11-12H,1-4,9-10H2,(H,20,21,23). The van der Waals surface area contributed by atoms with Crippen molar-refractivity contribution in [3.8, 4) is 0 Å². The minimum Gasteiger partial charge on any atom is -0.305 e. The van der Waals surface area contributed by atoms with Crippen molar-refractivity contribution >= 4 is 33.3 Å². The Morgan fingerprint density at radius 1 is 1.12 bits per heavy atom. The van der Waals surface area contributed by atoms with E-state index >= 15 is 0 Å². The summed E-state index contributed by atoms with van der Waals surface area (Å²) >= 11 is 6.15. The first-order valence-electron chi connectivity index (χ1n) is 8.35. The van der Waals surface area contributed by atoms with Crippen molar-refractivity contribution in [1.82, 2.24) is 14.3 Å². The van der Waals surface area contributed by atoms with Gasteiger partial charge in [-0.3, -0.25) is 9.78 Å². The zero-order valence-corrected chi connectivity index (χ0v) is 15.6. The fraction of sp³-hybridized carbons (Fsp3) is 0.353. The van der Waals surface area contributed by atoms with Crippen molar-refractivity contribution < 1.29 is 13.2 Å². The van der Waals surface area contributed by atoms with E-state index in [1.165, 1.54) is 41.1 Å². The highest BCUT2D eigenvalue weighted by Crippen LogP contribution is 2.28. The minimum atomic E-state index is -3.75. The molecule has 7 nitrogen and oxygen atoms in total. The zero-order valence-electron chi connectivity index (χ0n) is 14.1. The Morgan fingerprint density at radius 2 is 1.85 bits per heavy atom. The summed E-state index contributed by atoms with van der Waals surface area (Å²) in [6.07, 6.45) is 8.02. The van der Waals surface area contributed by atoms with Gasteiger partial charge in [0.1, 0.15) is 4.90 Å². The topological polar surface area (TPSA) is 92.3 Å². The van der Waals surface area contributed by atoms with Gasteiger partial charge in [-0.1, -0.05) is 24.4 Å². The number of anilines is 1. The third kappa shape index (κ3) is 4.20. The highest BCUT2D eigenvalue weighted by Gasteiger charge is 2.28. The first kappa shape index (κ1) is 18.8. The molecule has 0 atom stereocenters. The van der Waals surface area contributed by atoms with Crippen molar-refractivity contribution in [2.45, 2.75) is 30.6 Å². The third-order valence-electron chi connectivity index (χ3n) is 4.18. The van der Waals surface area contributed by atoms with Crippen molar-refractivity contribution in [3.05, 3.63) is 47.4 Å². The quantitative estimate of drug-likeness (QED) is 0.860. The molecule has 1 aliphatic heterocycles. The lowest BCUT2D eigenvalue weighted by atomic mass is 10.2. The summed E-state index contributed by atoms with van der Waals surface area (Å²) in [5, 5.41) is 2.68. The van der Waals surface area contributed by atoms with Crippen molar-refractivity contribution in [3.63, 3.8) is 0 Å². The predicted octanol–water partition coefficient (Wildman–Crippen LogP) is 2.95. The van der Waals surface area contributed by atoms with Crippen LogP contribution in [-0.2, 0) is 10.0 Å². The lowest BCUT2D eigenvalue weighted by Gasteiger charge is -2.21. The summed E-state index contributed by atoms with van der Waals surface area (Å²) in [4.78, 5) is 20.2. The maximum absolute atomic E-state index is 13.0. The number of nitrogens with zero attached hydrogens (tertiary/aromatic N) is 3. The molecule has 0 saturated carbocycles. The molecular weight excluding hydrogens is 376 g/mol. The van der Waals surface area contributed by atoms with Crippen LogP contribution in [0.1, 0.15) is 36.0 Å². The van der Waals surface area contributed by atoms with E-state index in [1.54, 1.807) is 0 Å². The molecule has 1 saturated heterocycles. The number of amides is 1. The summed E-state index contributed by atoms with van der Waals surface area (Å²) in [5.74, 6) is -0.196. The monoisotopic (exact) mass is 394 g/mol. The van der Waals surface area contributed by atoms with Crippen molar-refractivity contribution in [2.24, 2.45) is 0 Å². The molecule has 0 spiro atoms. The lowest BCUT2D eigenvalue weighted by molar-refractivity contribution is 0.102. The Hall–Kier alpha value is -2.03. The van der Waals surface area contributed by atoms with Gasteiger partial charge in [-0.05, 0) is 31.0 Å². The predicted molar refractivity (Wildman–Crippen MR) is 98.7 cm³/mol. The van der Waals surface area contributed by atoms with E-state index < -0.39 is 15.9 Å². The molecule has 1 fully saturated rings. The van der Waals surface area contributed by atoms with Gasteiger partial charge >= 0.3 is 0 Å². The normalized spacial score (nSPS) is 16.0. The van der Waals surface area contributed by atoms with Crippen LogP contribution in [0.25, 0.3) is 0 Å². The van der Waals surface area contributed by atoms with E-state index in [0.29, 0.717) is 13.1 Å². The van der Waals surface area contributed by atoms with E-state index in [2.05, 4.69) is 15.3 Å². The summed E-state index contributed by atoms with van der Waals surface area (Å²) < 4.78 is 27.4. The molecule has 2 aromatic rings. The van der Waals surface area contributed by atoms with E-state index in [0.717, 1.165) is 25.7 Å². The Kier molecular flexibility index (Phi) is 5.85. The molecule has 1 aliphatic rings. The molecule has 0 bridgehead atoms. The number of hydrogen-bond acceptors (Lipinski definition) is 5. The lowest BCUT2D eigenvalue weighted by Crippen LogP contribution is -2.32. The number of benzene rings is 1. The minimum absolute atomic E-state index is 0.0483. The average Bonchev–Trinajstić information content (AvgIpc) is 2.92. The first-order chi connectivity index (χ1) is 12.5. The van der Waals surface area contributed by atoms with Crippen LogP contribution in [0, 0.1) is 0 Å².